The molecule has 0 radical (unpaired) electrons. The van der Waals surface area contributed by atoms with Crippen LogP contribution in [0.15, 0.2) is 0 Å². The Kier molecular flexibility index (Phi) is 8.37. The van der Waals surface area contributed by atoms with E-state index in [2.05, 4.69) is 4.90 Å². The average Bonchev–Trinajstić information content (AvgIpc) is 3.18. The van der Waals surface area contributed by atoms with Gasteiger partial charge in [0.2, 0.25) is 5.91 Å². The zero-order valence-electron chi connectivity index (χ0n) is 19.1. The summed E-state index contributed by atoms with van der Waals surface area (Å²) in [6.45, 7) is 1.06. The van der Waals surface area contributed by atoms with Gasteiger partial charge in [-0.1, -0.05) is 89.9 Å². The molecule has 2 heteroatoms. The number of rotatable bonds is 3. The molecule has 1 heterocycles. The van der Waals surface area contributed by atoms with Crippen molar-refractivity contribution in [1.29, 1.82) is 0 Å². The summed E-state index contributed by atoms with van der Waals surface area (Å²) in [5.74, 6) is 3.74. The molecule has 4 fully saturated rings. The van der Waals surface area contributed by atoms with E-state index in [0.717, 1.165) is 37.1 Å². The van der Waals surface area contributed by atoms with E-state index >= 15 is 0 Å². The van der Waals surface area contributed by atoms with Gasteiger partial charge in [0.05, 0.1) is 0 Å². The van der Waals surface area contributed by atoms with Gasteiger partial charge in [0.15, 0.2) is 0 Å². The van der Waals surface area contributed by atoms with Crippen molar-refractivity contribution in [2.75, 3.05) is 6.54 Å². The van der Waals surface area contributed by atoms with Gasteiger partial charge < -0.3 is 4.90 Å². The number of likely N-dealkylation sites (tertiary alicyclic amines) is 1. The molecule has 29 heavy (non-hydrogen) atoms. The van der Waals surface area contributed by atoms with Crippen molar-refractivity contribution >= 4 is 5.91 Å². The van der Waals surface area contributed by atoms with Gasteiger partial charge in [-0.25, -0.2) is 0 Å². The Balaban J connectivity index is 1.29. The first-order valence-electron chi connectivity index (χ1n) is 13.6. The summed E-state index contributed by atoms with van der Waals surface area (Å²) in [7, 11) is 0. The normalized spacial score (nSPS) is 34.2. The van der Waals surface area contributed by atoms with Crippen molar-refractivity contribution in [2.45, 2.75) is 134 Å². The molecule has 1 aliphatic heterocycles. The van der Waals surface area contributed by atoms with E-state index in [1.165, 1.54) is 116 Å². The second-order valence-electron chi connectivity index (χ2n) is 11.1. The summed E-state index contributed by atoms with van der Waals surface area (Å²) in [5.41, 5.74) is 0. The van der Waals surface area contributed by atoms with Gasteiger partial charge in [0.25, 0.3) is 0 Å². The second kappa shape index (κ2) is 11.2. The van der Waals surface area contributed by atoms with Crippen molar-refractivity contribution in [3.8, 4) is 0 Å². The first kappa shape index (κ1) is 21.7. The van der Waals surface area contributed by atoms with E-state index in [1.807, 2.05) is 0 Å². The molecule has 4 rings (SSSR count). The smallest absolute Gasteiger partial charge is 0.225 e. The van der Waals surface area contributed by atoms with Crippen molar-refractivity contribution in [2.24, 2.45) is 23.7 Å². The number of amides is 1. The van der Waals surface area contributed by atoms with Crippen molar-refractivity contribution in [3.63, 3.8) is 0 Å². The summed E-state index contributed by atoms with van der Waals surface area (Å²) in [5, 5.41) is 0. The van der Waals surface area contributed by atoms with Crippen LogP contribution >= 0.6 is 0 Å². The molecule has 1 saturated heterocycles. The van der Waals surface area contributed by atoms with E-state index in [-0.39, 0.29) is 0 Å². The molecule has 1 amide bonds. The first-order chi connectivity index (χ1) is 14.3. The molecule has 166 valence electrons. The Morgan fingerprint density at radius 2 is 0.966 bits per heavy atom. The fourth-order valence-electron chi connectivity index (χ4n) is 7.53. The summed E-state index contributed by atoms with van der Waals surface area (Å²) in [6, 6.07) is 0.586. The summed E-state index contributed by atoms with van der Waals surface area (Å²) < 4.78 is 0. The van der Waals surface area contributed by atoms with Gasteiger partial charge in [-0.2, -0.15) is 0 Å². The highest BCUT2D eigenvalue weighted by Gasteiger charge is 2.38. The molecule has 0 bridgehead atoms. The Morgan fingerprint density at radius 1 is 0.483 bits per heavy atom. The molecule has 0 spiro atoms. The molecule has 4 aliphatic rings. The van der Waals surface area contributed by atoms with Gasteiger partial charge in [-0.3, -0.25) is 4.79 Å². The zero-order chi connectivity index (χ0) is 19.9. The van der Waals surface area contributed by atoms with Gasteiger partial charge >= 0.3 is 0 Å². The van der Waals surface area contributed by atoms with E-state index in [4.69, 9.17) is 0 Å². The van der Waals surface area contributed by atoms with Crippen molar-refractivity contribution < 1.29 is 4.79 Å². The minimum atomic E-state index is 0.363. The third-order valence-corrected chi connectivity index (χ3v) is 9.20. The highest BCUT2D eigenvalue weighted by Crippen LogP contribution is 2.40. The molecule has 0 aromatic rings. The lowest BCUT2D eigenvalue weighted by molar-refractivity contribution is -0.138. The van der Waals surface area contributed by atoms with Crippen LogP contribution in [-0.2, 0) is 4.79 Å². The van der Waals surface area contributed by atoms with E-state index < -0.39 is 0 Å². The topological polar surface area (TPSA) is 20.3 Å². The molecule has 3 saturated carbocycles. The summed E-state index contributed by atoms with van der Waals surface area (Å²) in [4.78, 5) is 15.6. The number of carbonyl (C=O) groups excluding carboxylic acids is 1. The lowest BCUT2D eigenvalue weighted by Crippen LogP contribution is -2.44. The summed E-state index contributed by atoms with van der Waals surface area (Å²) >= 11 is 0. The number of hydrogen-bond acceptors (Lipinski definition) is 1. The lowest BCUT2D eigenvalue weighted by Gasteiger charge is -2.37. The predicted octanol–water partition coefficient (Wildman–Crippen LogP) is 7.50. The van der Waals surface area contributed by atoms with Crippen molar-refractivity contribution in [3.05, 3.63) is 0 Å². The molecule has 0 N–H and O–H groups in total. The van der Waals surface area contributed by atoms with Gasteiger partial charge in [0.1, 0.15) is 0 Å². The van der Waals surface area contributed by atoms with Crippen LogP contribution in [0.2, 0.25) is 0 Å². The molecule has 1 atom stereocenters. The average molecular weight is 402 g/mol. The molecule has 2 nitrogen and oxygen atoms in total. The maximum atomic E-state index is 13.3. The molecular weight excluding hydrogens is 354 g/mol. The van der Waals surface area contributed by atoms with Crippen LogP contribution in [0.25, 0.3) is 0 Å². The Bertz CT molecular complexity index is 479. The monoisotopic (exact) mass is 401 g/mol. The van der Waals surface area contributed by atoms with Crippen LogP contribution in [0.1, 0.15) is 128 Å². The summed E-state index contributed by atoms with van der Waals surface area (Å²) in [6.07, 6.45) is 27.8. The maximum Gasteiger partial charge on any atom is 0.225 e. The molecule has 3 aliphatic carbocycles. The van der Waals surface area contributed by atoms with Crippen LogP contribution in [0.4, 0.5) is 0 Å². The van der Waals surface area contributed by atoms with Crippen LogP contribution in [0.3, 0.4) is 0 Å². The minimum absolute atomic E-state index is 0.363. The van der Waals surface area contributed by atoms with Crippen molar-refractivity contribution in [1.82, 2.24) is 4.90 Å². The Labute approximate surface area is 180 Å². The molecular formula is C27H47NO. The van der Waals surface area contributed by atoms with Gasteiger partial charge in [-0.15, -0.1) is 0 Å². The Morgan fingerprint density at radius 3 is 1.62 bits per heavy atom. The predicted molar refractivity (Wildman–Crippen MR) is 122 cm³/mol. The minimum Gasteiger partial charge on any atom is -0.339 e. The van der Waals surface area contributed by atoms with Crippen LogP contribution in [0.5, 0.6) is 0 Å². The third kappa shape index (κ3) is 5.79. The number of hydrogen-bond donors (Lipinski definition) is 0. The van der Waals surface area contributed by atoms with Gasteiger partial charge in [0, 0.05) is 18.5 Å². The third-order valence-electron chi connectivity index (χ3n) is 9.20. The van der Waals surface area contributed by atoms with Gasteiger partial charge in [-0.05, 0) is 56.3 Å². The maximum absolute atomic E-state index is 13.3. The number of carbonyl (C=O) groups is 1. The fourth-order valence-corrected chi connectivity index (χ4v) is 7.53. The quantitative estimate of drug-likeness (QED) is 0.479. The van der Waals surface area contributed by atoms with Crippen LogP contribution in [-0.4, -0.2) is 23.4 Å². The van der Waals surface area contributed by atoms with Crippen LogP contribution in [0, 0.1) is 23.7 Å². The van der Waals surface area contributed by atoms with Crippen LogP contribution < -0.4 is 0 Å². The van der Waals surface area contributed by atoms with E-state index in [0.29, 0.717) is 17.9 Å². The largest absolute Gasteiger partial charge is 0.339 e. The highest BCUT2D eigenvalue weighted by molar-refractivity contribution is 5.79. The standard InChI is InChI=1S/C27H47NO/c29-27(25-14-7-4-8-15-25)28-21-11-20-26(28)24-18-9-16-23(17-10-19-24)22-12-5-2-1-3-6-13-22/h22-26H,1-21H2. The SMILES string of the molecule is O=C(C1CCCCC1)N1CCCC1C1CCCC(C2CCCCCCC2)CCC1. The van der Waals surface area contributed by atoms with E-state index in [1.54, 1.807) is 0 Å². The fraction of sp³-hybridized carbons (Fsp3) is 0.963. The first-order valence-corrected chi connectivity index (χ1v) is 13.6. The Hall–Kier alpha value is -0.530. The van der Waals surface area contributed by atoms with E-state index in [9.17, 15) is 4.79 Å². The molecule has 1 unspecified atom stereocenters. The lowest BCUT2D eigenvalue weighted by atomic mass is 9.73. The molecule has 0 aromatic carbocycles. The second-order valence-corrected chi connectivity index (χ2v) is 11.1. The zero-order valence-corrected chi connectivity index (χ0v) is 19.1. The number of nitrogens with zero attached hydrogens (tertiary/aromatic N) is 1. The molecule has 0 aromatic heterocycles. The highest BCUT2D eigenvalue weighted by atomic mass is 16.2.